The molecule has 4 aromatic rings. The van der Waals surface area contributed by atoms with Gasteiger partial charge in [0, 0.05) is 29.8 Å². The Balaban J connectivity index is 1.71. The number of fused-ring (bicyclic) bond motifs is 1. The molecule has 0 spiro atoms. The zero-order chi connectivity index (χ0) is 25.2. The second-order valence-electron chi connectivity index (χ2n) is 10.7. The Hall–Kier alpha value is -2.89. The van der Waals surface area contributed by atoms with Crippen molar-refractivity contribution in [2.45, 2.75) is 58.9 Å². The van der Waals surface area contributed by atoms with E-state index >= 15 is 0 Å². The van der Waals surface area contributed by atoms with E-state index in [1.165, 1.54) is 0 Å². The van der Waals surface area contributed by atoms with Crippen LogP contribution in [0.5, 0.6) is 5.75 Å². The molecule has 184 valence electrons. The molecule has 0 unspecified atom stereocenters. The van der Waals surface area contributed by atoms with Gasteiger partial charge in [-0.15, -0.1) is 0 Å². The lowest BCUT2D eigenvalue weighted by Crippen LogP contribution is -2.41. The van der Waals surface area contributed by atoms with Gasteiger partial charge in [0.15, 0.2) is 8.32 Å². The third-order valence-electron chi connectivity index (χ3n) is 7.15. The summed E-state index contributed by atoms with van der Waals surface area (Å²) in [7, 11) is -1.86. The largest absolute Gasteiger partial charge is 0.488 e. The summed E-state index contributed by atoms with van der Waals surface area (Å²) in [6.45, 7) is 14.3. The minimum atomic E-state index is -1.86. The highest BCUT2D eigenvalue weighted by Crippen LogP contribution is 2.37. The number of ether oxygens (including phenoxy) is 1. The number of aryl methyl sites for hydroxylation is 1. The van der Waals surface area contributed by atoms with Gasteiger partial charge in [0.2, 0.25) is 0 Å². The molecule has 4 rings (SSSR count). The van der Waals surface area contributed by atoms with Crippen LogP contribution in [0, 0.1) is 12.7 Å². The summed E-state index contributed by atoms with van der Waals surface area (Å²) < 4.78 is 29.1. The summed E-state index contributed by atoms with van der Waals surface area (Å²) in [6.07, 6.45) is 0.760. The molecule has 0 atom stereocenters. The standard InChI is InChI=1S/C30H36FNO2Si/c1-22-19-24(15-16-27(22)31)32-25(17-18-34-35(5,6)30(2,3)4)20-26-28(32)13-10-14-29(26)33-21-23-11-8-7-9-12-23/h7-16,19-20H,17-18,21H2,1-6H3. The van der Waals surface area contributed by atoms with Crippen LogP contribution in [0.1, 0.15) is 37.6 Å². The molecule has 3 nitrogen and oxygen atoms in total. The molecule has 5 heteroatoms. The summed E-state index contributed by atoms with van der Waals surface area (Å²) in [6, 6.07) is 23.8. The fourth-order valence-electron chi connectivity index (χ4n) is 4.00. The van der Waals surface area contributed by atoms with Crippen molar-refractivity contribution in [2.24, 2.45) is 0 Å². The fraction of sp³-hybridized carbons (Fsp3) is 0.333. The fourth-order valence-corrected chi connectivity index (χ4v) is 5.05. The second-order valence-corrected chi connectivity index (χ2v) is 15.5. The van der Waals surface area contributed by atoms with Gasteiger partial charge in [-0.05, 0) is 72.6 Å². The molecule has 0 aliphatic rings. The predicted octanol–water partition coefficient (Wildman–Crippen LogP) is 8.22. The molecule has 0 aliphatic heterocycles. The Morgan fingerprint density at radius 2 is 1.66 bits per heavy atom. The monoisotopic (exact) mass is 489 g/mol. The molecule has 0 fully saturated rings. The van der Waals surface area contributed by atoms with E-state index < -0.39 is 8.32 Å². The molecule has 3 aromatic carbocycles. The summed E-state index contributed by atoms with van der Waals surface area (Å²) in [5, 5.41) is 1.21. The quantitative estimate of drug-likeness (QED) is 0.233. The van der Waals surface area contributed by atoms with Crippen molar-refractivity contribution >= 4 is 19.2 Å². The van der Waals surface area contributed by atoms with Crippen LogP contribution in [0.15, 0.2) is 72.8 Å². The molecule has 0 aliphatic carbocycles. The molecule has 0 saturated carbocycles. The van der Waals surface area contributed by atoms with Gasteiger partial charge in [-0.1, -0.05) is 57.2 Å². The third kappa shape index (κ3) is 5.52. The van der Waals surface area contributed by atoms with Crippen LogP contribution in [0.3, 0.4) is 0 Å². The van der Waals surface area contributed by atoms with Gasteiger partial charge < -0.3 is 13.7 Å². The summed E-state index contributed by atoms with van der Waals surface area (Å²) in [5.74, 6) is 0.649. The number of benzene rings is 3. The van der Waals surface area contributed by atoms with E-state index in [0.717, 1.165) is 40.0 Å². The molecule has 0 bridgehead atoms. The van der Waals surface area contributed by atoms with Gasteiger partial charge in [0.1, 0.15) is 18.2 Å². The SMILES string of the molecule is Cc1cc(-n2c(CCO[Si](C)(C)C(C)(C)C)cc3c(OCc4ccccc4)cccc32)ccc1F. The maximum atomic E-state index is 14.1. The van der Waals surface area contributed by atoms with Crippen LogP contribution in [0.25, 0.3) is 16.6 Å². The average molecular weight is 490 g/mol. The van der Waals surface area contributed by atoms with E-state index in [2.05, 4.69) is 62.7 Å². The zero-order valence-electron chi connectivity index (χ0n) is 21.7. The van der Waals surface area contributed by atoms with E-state index in [0.29, 0.717) is 18.8 Å². The minimum Gasteiger partial charge on any atom is -0.488 e. The molecule has 0 N–H and O–H groups in total. The first-order chi connectivity index (χ1) is 16.6. The van der Waals surface area contributed by atoms with Crippen LogP contribution in [0.2, 0.25) is 18.1 Å². The van der Waals surface area contributed by atoms with Crippen molar-refractivity contribution in [1.29, 1.82) is 0 Å². The van der Waals surface area contributed by atoms with Crippen molar-refractivity contribution in [3.05, 3.63) is 95.4 Å². The van der Waals surface area contributed by atoms with Crippen molar-refractivity contribution in [2.75, 3.05) is 6.61 Å². The summed E-state index contributed by atoms with van der Waals surface area (Å²) in [5.41, 5.74) is 4.87. The molecule has 0 amide bonds. The van der Waals surface area contributed by atoms with Crippen LogP contribution >= 0.6 is 0 Å². The second kappa shape index (κ2) is 10.00. The summed E-state index contributed by atoms with van der Waals surface area (Å²) >= 11 is 0. The molecule has 1 aromatic heterocycles. The van der Waals surface area contributed by atoms with E-state index in [4.69, 9.17) is 9.16 Å². The maximum absolute atomic E-state index is 14.1. The highest BCUT2D eigenvalue weighted by Gasteiger charge is 2.37. The number of hydrogen-bond acceptors (Lipinski definition) is 2. The molecular formula is C30H36FNO2Si. The van der Waals surface area contributed by atoms with E-state index in [9.17, 15) is 4.39 Å². The Labute approximate surface area is 209 Å². The Morgan fingerprint density at radius 1 is 0.914 bits per heavy atom. The normalized spacial score (nSPS) is 12.3. The zero-order valence-corrected chi connectivity index (χ0v) is 22.7. The smallest absolute Gasteiger partial charge is 0.191 e. The lowest BCUT2D eigenvalue weighted by Gasteiger charge is -2.36. The van der Waals surface area contributed by atoms with Gasteiger partial charge in [0.25, 0.3) is 0 Å². The first kappa shape index (κ1) is 25.2. The van der Waals surface area contributed by atoms with E-state index in [1.807, 2.05) is 42.5 Å². The number of hydrogen-bond donors (Lipinski definition) is 0. The van der Waals surface area contributed by atoms with Crippen molar-refractivity contribution < 1.29 is 13.6 Å². The van der Waals surface area contributed by atoms with Gasteiger partial charge in [-0.2, -0.15) is 0 Å². The molecule has 1 heterocycles. The number of halogens is 1. The number of nitrogens with zero attached hydrogens (tertiary/aromatic N) is 1. The lowest BCUT2D eigenvalue weighted by molar-refractivity contribution is 0.290. The highest BCUT2D eigenvalue weighted by atomic mass is 28.4. The molecule has 0 saturated heterocycles. The van der Waals surface area contributed by atoms with Crippen molar-refractivity contribution in [3.8, 4) is 11.4 Å². The van der Waals surface area contributed by atoms with Crippen molar-refractivity contribution in [1.82, 2.24) is 4.57 Å². The van der Waals surface area contributed by atoms with Crippen LogP contribution < -0.4 is 4.74 Å². The Kier molecular flexibility index (Phi) is 7.20. The molecule has 0 radical (unpaired) electrons. The van der Waals surface area contributed by atoms with E-state index in [-0.39, 0.29) is 10.9 Å². The first-order valence-electron chi connectivity index (χ1n) is 12.3. The molecular weight excluding hydrogens is 453 g/mol. The number of aromatic nitrogens is 1. The first-order valence-corrected chi connectivity index (χ1v) is 15.2. The Bertz CT molecular complexity index is 1310. The van der Waals surface area contributed by atoms with Gasteiger partial charge >= 0.3 is 0 Å². The van der Waals surface area contributed by atoms with Crippen LogP contribution in [-0.2, 0) is 17.5 Å². The topological polar surface area (TPSA) is 23.4 Å². The number of rotatable bonds is 8. The Morgan fingerprint density at radius 3 is 2.34 bits per heavy atom. The van der Waals surface area contributed by atoms with Gasteiger partial charge in [0.05, 0.1) is 5.52 Å². The van der Waals surface area contributed by atoms with Gasteiger partial charge in [-0.3, -0.25) is 0 Å². The maximum Gasteiger partial charge on any atom is 0.191 e. The van der Waals surface area contributed by atoms with Crippen LogP contribution in [-0.4, -0.2) is 19.5 Å². The predicted molar refractivity (Wildman–Crippen MR) is 146 cm³/mol. The lowest BCUT2D eigenvalue weighted by atomic mass is 10.2. The molecule has 35 heavy (non-hydrogen) atoms. The van der Waals surface area contributed by atoms with Crippen LogP contribution in [0.4, 0.5) is 4.39 Å². The van der Waals surface area contributed by atoms with E-state index in [1.54, 1.807) is 13.0 Å². The van der Waals surface area contributed by atoms with Crippen molar-refractivity contribution in [3.63, 3.8) is 0 Å². The minimum absolute atomic E-state index is 0.159. The third-order valence-corrected chi connectivity index (χ3v) is 11.7. The summed E-state index contributed by atoms with van der Waals surface area (Å²) in [4.78, 5) is 0. The highest BCUT2D eigenvalue weighted by molar-refractivity contribution is 6.74. The average Bonchev–Trinajstić information content (AvgIpc) is 3.18. The van der Waals surface area contributed by atoms with Gasteiger partial charge in [-0.25, -0.2) is 4.39 Å².